The van der Waals surface area contributed by atoms with Gasteiger partial charge in [-0.15, -0.1) is 0 Å². The normalized spacial score (nSPS) is 9.30. The van der Waals surface area contributed by atoms with Crippen molar-refractivity contribution in [3.63, 3.8) is 0 Å². The topological polar surface area (TPSA) is 33.1 Å². The predicted molar refractivity (Wildman–Crippen MR) is 40.6 cm³/mol. The molecule has 52 valence electrons. The van der Waals surface area contributed by atoms with Crippen LogP contribution in [0, 0.1) is 6.92 Å². The van der Waals surface area contributed by atoms with E-state index >= 15 is 0 Å². The molecule has 0 aromatic carbocycles. The molecule has 0 fully saturated rings. The van der Waals surface area contributed by atoms with Gasteiger partial charge < -0.3 is 5.11 Å². The van der Waals surface area contributed by atoms with Crippen molar-refractivity contribution in [2.75, 3.05) is 0 Å². The van der Waals surface area contributed by atoms with Crippen LogP contribution in [0.25, 0.3) is 5.76 Å². The standard InChI is InChI=1S/C8H9NO/c1-6-4-3-5-9-8(6)7(2)10/h3-5,10H,2H2,1H3. The van der Waals surface area contributed by atoms with Gasteiger partial charge in [-0.1, -0.05) is 12.6 Å². The molecule has 10 heavy (non-hydrogen) atoms. The Morgan fingerprint density at radius 2 is 2.40 bits per heavy atom. The third-order valence-electron chi connectivity index (χ3n) is 1.28. The molecule has 2 heteroatoms. The molecule has 0 atom stereocenters. The third-order valence-corrected chi connectivity index (χ3v) is 1.28. The average molecular weight is 135 g/mol. The first-order chi connectivity index (χ1) is 4.72. The minimum Gasteiger partial charge on any atom is -0.506 e. The Hall–Kier alpha value is -1.31. The lowest BCUT2D eigenvalue weighted by molar-refractivity contribution is 0.510. The minimum atomic E-state index is 0.0260. The molecule has 1 N–H and O–H groups in total. The van der Waals surface area contributed by atoms with E-state index in [9.17, 15) is 0 Å². The van der Waals surface area contributed by atoms with Crippen LogP contribution in [0.5, 0.6) is 0 Å². The Morgan fingerprint density at radius 1 is 1.70 bits per heavy atom. The number of aliphatic hydroxyl groups excluding tert-OH is 1. The maximum atomic E-state index is 8.95. The summed E-state index contributed by atoms with van der Waals surface area (Å²) in [5.74, 6) is 0.0260. The lowest BCUT2D eigenvalue weighted by atomic mass is 10.2. The summed E-state index contributed by atoms with van der Waals surface area (Å²) in [4.78, 5) is 3.93. The van der Waals surface area contributed by atoms with Gasteiger partial charge in [-0.3, -0.25) is 4.98 Å². The number of aromatic nitrogens is 1. The summed E-state index contributed by atoms with van der Waals surface area (Å²) < 4.78 is 0. The summed E-state index contributed by atoms with van der Waals surface area (Å²) in [6.07, 6.45) is 1.63. The second-order valence-electron chi connectivity index (χ2n) is 2.12. The molecular formula is C8H9NO. The van der Waals surface area contributed by atoms with Crippen molar-refractivity contribution < 1.29 is 5.11 Å². The summed E-state index contributed by atoms with van der Waals surface area (Å²) in [5.41, 5.74) is 1.51. The molecular weight excluding hydrogens is 126 g/mol. The van der Waals surface area contributed by atoms with Gasteiger partial charge in [0.2, 0.25) is 0 Å². The molecule has 0 unspecified atom stereocenters. The molecule has 0 aliphatic carbocycles. The van der Waals surface area contributed by atoms with E-state index in [2.05, 4.69) is 11.6 Å². The smallest absolute Gasteiger partial charge is 0.134 e. The van der Waals surface area contributed by atoms with E-state index in [0.29, 0.717) is 5.69 Å². The number of aryl methyl sites for hydroxylation is 1. The highest BCUT2D eigenvalue weighted by Crippen LogP contribution is 2.09. The Balaban J connectivity index is 3.15. The minimum absolute atomic E-state index is 0.0260. The molecule has 0 aliphatic rings. The van der Waals surface area contributed by atoms with Gasteiger partial charge in [0.15, 0.2) is 0 Å². The number of rotatable bonds is 1. The molecule has 0 saturated carbocycles. The summed E-state index contributed by atoms with van der Waals surface area (Å²) in [7, 11) is 0. The quantitative estimate of drug-likeness (QED) is 0.597. The van der Waals surface area contributed by atoms with Crippen molar-refractivity contribution in [2.24, 2.45) is 0 Å². The molecule has 0 radical (unpaired) electrons. The maximum absolute atomic E-state index is 8.95. The first-order valence-corrected chi connectivity index (χ1v) is 3.01. The fraction of sp³-hybridized carbons (Fsp3) is 0.125. The Labute approximate surface area is 59.9 Å². The van der Waals surface area contributed by atoms with Crippen LogP contribution in [0.3, 0.4) is 0 Å². The molecule has 1 aromatic rings. The van der Waals surface area contributed by atoms with Crippen molar-refractivity contribution in [1.29, 1.82) is 0 Å². The molecule has 0 saturated heterocycles. The van der Waals surface area contributed by atoms with E-state index in [1.807, 2.05) is 19.1 Å². The van der Waals surface area contributed by atoms with E-state index in [1.165, 1.54) is 0 Å². The molecule has 0 amide bonds. The second kappa shape index (κ2) is 2.52. The highest BCUT2D eigenvalue weighted by atomic mass is 16.3. The number of hydrogen-bond acceptors (Lipinski definition) is 2. The van der Waals surface area contributed by atoms with Crippen molar-refractivity contribution in [2.45, 2.75) is 6.92 Å². The SMILES string of the molecule is C=C(O)c1ncccc1C. The van der Waals surface area contributed by atoms with Gasteiger partial charge in [0.1, 0.15) is 11.5 Å². The van der Waals surface area contributed by atoms with E-state index in [0.717, 1.165) is 5.56 Å². The van der Waals surface area contributed by atoms with Gasteiger partial charge in [-0.25, -0.2) is 0 Å². The highest BCUT2D eigenvalue weighted by molar-refractivity contribution is 5.54. The van der Waals surface area contributed by atoms with Crippen LogP contribution < -0.4 is 0 Å². The number of nitrogens with zero attached hydrogens (tertiary/aromatic N) is 1. The van der Waals surface area contributed by atoms with Crippen molar-refractivity contribution in [1.82, 2.24) is 4.98 Å². The zero-order valence-corrected chi connectivity index (χ0v) is 5.83. The van der Waals surface area contributed by atoms with Gasteiger partial charge in [0, 0.05) is 6.20 Å². The van der Waals surface area contributed by atoms with Crippen LogP contribution in [0.15, 0.2) is 24.9 Å². The molecule has 2 nitrogen and oxygen atoms in total. The summed E-state index contributed by atoms with van der Waals surface area (Å²) in [6.45, 7) is 5.26. The summed E-state index contributed by atoms with van der Waals surface area (Å²) in [6, 6.07) is 3.70. The lowest BCUT2D eigenvalue weighted by Gasteiger charge is -1.99. The average Bonchev–Trinajstić information content (AvgIpc) is 1.88. The highest BCUT2D eigenvalue weighted by Gasteiger charge is 1.98. The van der Waals surface area contributed by atoms with E-state index < -0.39 is 0 Å². The van der Waals surface area contributed by atoms with Gasteiger partial charge >= 0.3 is 0 Å². The van der Waals surface area contributed by atoms with Gasteiger partial charge in [0.05, 0.1) is 0 Å². The molecule has 0 bridgehead atoms. The monoisotopic (exact) mass is 135 g/mol. The fourth-order valence-electron chi connectivity index (χ4n) is 0.788. The van der Waals surface area contributed by atoms with Crippen LogP contribution in [0.2, 0.25) is 0 Å². The van der Waals surface area contributed by atoms with Crippen molar-refractivity contribution in [3.8, 4) is 0 Å². The van der Waals surface area contributed by atoms with Gasteiger partial charge in [-0.2, -0.15) is 0 Å². The molecule has 1 aromatic heterocycles. The number of pyridine rings is 1. The molecule has 0 aliphatic heterocycles. The maximum Gasteiger partial charge on any atom is 0.134 e. The Morgan fingerprint density at radius 3 is 2.80 bits per heavy atom. The van der Waals surface area contributed by atoms with Crippen molar-refractivity contribution >= 4 is 5.76 Å². The van der Waals surface area contributed by atoms with Crippen LogP contribution in [0.1, 0.15) is 11.3 Å². The second-order valence-corrected chi connectivity index (χ2v) is 2.12. The molecule has 1 heterocycles. The van der Waals surface area contributed by atoms with Crippen LogP contribution in [-0.2, 0) is 0 Å². The Bertz CT molecular complexity index is 255. The van der Waals surface area contributed by atoms with Gasteiger partial charge in [-0.05, 0) is 18.6 Å². The van der Waals surface area contributed by atoms with Crippen LogP contribution >= 0.6 is 0 Å². The van der Waals surface area contributed by atoms with Crippen LogP contribution in [-0.4, -0.2) is 10.1 Å². The number of aliphatic hydroxyl groups is 1. The lowest BCUT2D eigenvalue weighted by Crippen LogP contribution is -1.89. The number of hydrogen-bond donors (Lipinski definition) is 1. The van der Waals surface area contributed by atoms with Crippen molar-refractivity contribution in [3.05, 3.63) is 36.2 Å². The molecule has 1 rings (SSSR count). The largest absolute Gasteiger partial charge is 0.506 e. The summed E-state index contributed by atoms with van der Waals surface area (Å²) in [5, 5.41) is 8.95. The molecule has 0 spiro atoms. The predicted octanol–water partition coefficient (Wildman–Crippen LogP) is 1.92. The zero-order valence-electron chi connectivity index (χ0n) is 5.83. The van der Waals surface area contributed by atoms with Crippen LogP contribution in [0.4, 0.5) is 0 Å². The van der Waals surface area contributed by atoms with E-state index in [-0.39, 0.29) is 5.76 Å². The summed E-state index contributed by atoms with van der Waals surface area (Å²) >= 11 is 0. The van der Waals surface area contributed by atoms with E-state index in [4.69, 9.17) is 5.11 Å². The first kappa shape index (κ1) is 6.81. The fourth-order valence-corrected chi connectivity index (χ4v) is 0.788. The third kappa shape index (κ3) is 1.16. The van der Waals surface area contributed by atoms with Gasteiger partial charge in [0.25, 0.3) is 0 Å². The zero-order chi connectivity index (χ0) is 7.56. The first-order valence-electron chi connectivity index (χ1n) is 3.01. The van der Waals surface area contributed by atoms with E-state index in [1.54, 1.807) is 6.20 Å². The Kier molecular flexibility index (Phi) is 1.71.